The molecule has 13 heavy (non-hydrogen) atoms. The lowest BCUT2D eigenvalue weighted by Gasteiger charge is -2.07. The standard InChI is InChI=1S/C9H7BrO3/c10-8-4-6-3-5(9(11)12)1-2-7(6)13-8/h3-4H,1-2H2,(H,11,12). The van der Waals surface area contributed by atoms with E-state index < -0.39 is 5.97 Å². The van der Waals surface area contributed by atoms with Crippen molar-refractivity contribution in [3.8, 4) is 0 Å². The average molecular weight is 243 g/mol. The predicted octanol–water partition coefficient (Wildman–Crippen LogP) is 2.46. The number of carboxylic acids is 1. The third-order valence-electron chi connectivity index (χ3n) is 2.04. The van der Waals surface area contributed by atoms with Crippen LogP contribution >= 0.6 is 15.9 Å². The summed E-state index contributed by atoms with van der Waals surface area (Å²) in [6.45, 7) is 0. The van der Waals surface area contributed by atoms with Gasteiger partial charge in [0.05, 0.1) is 0 Å². The molecule has 1 N–H and O–H groups in total. The first-order chi connectivity index (χ1) is 6.16. The lowest BCUT2D eigenvalue weighted by atomic mass is 9.99. The summed E-state index contributed by atoms with van der Waals surface area (Å²) in [4.78, 5) is 10.7. The van der Waals surface area contributed by atoms with Crippen molar-refractivity contribution in [1.29, 1.82) is 0 Å². The van der Waals surface area contributed by atoms with Crippen molar-refractivity contribution in [3.63, 3.8) is 0 Å². The molecule has 0 atom stereocenters. The molecule has 0 saturated carbocycles. The quantitative estimate of drug-likeness (QED) is 0.824. The van der Waals surface area contributed by atoms with Crippen molar-refractivity contribution < 1.29 is 14.3 Å². The number of aliphatic carboxylic acids is 1. The monoisotopic (exact) mass is 242 g/mol. The van der Waals surface area contributed by atoms with Gasteiger partial charge in [0.2, 0.25) is 0 Å². The Bertz CT molecular complexity index is 390. The minimum Gasteiger partial charge on any atom is -0.478 e. The van der Waals surface area contributed by atoms with Gasteiger partial charge in [-0.05, 0) is 34.5 Å². The Balaban J connectivity index is 2.43. The number of carbonyl (C=O) groups is 1. The van der Waals surface area contributed by atoms with Crippen molar-refractivity contribution in [2.24, 2.45) is 0 Å². The van der Waals surface area contributed by atoms with Crippen LogP contribution in [-0.4, -0.2) is 11.1 Å². The maximum absolute atomic E-state index is 10.7. The van der Waals surface area contributed by atoms with Crippen LogP contribution in [0.25, 0.3) is 6.08 Å². The number of aryl methyl sites for hydroxylation is 1. The Hall–Kier alpha value is -1.03. The van der Waals surface area contributed by atoms with Gasteiger partial charge in [-0.15, -0.1) is 0 Å². The highest BCUT2D eigenvalue weighted by Gasteiger charge is 2.18. The van der Waals surface area contributed by atoms with Gasteiger partial charge in [-0.1, -0.05) is 0 Å². The van der Waals surface area contributed by atoms with Crippen molar-refractivity contribution in [2.75, 3.05) is 0 Å². The molecule has 68 valence electrons. The Morgan fingerprint density at radius 1 is 1.54 bits per heavy atom. The second-order valence-corrected chi connectivity index (χ2v) is 3.69. The Morgan fingerprint density at radius 3 is 3.00 bits per heavy atom. The van der Waals surface area contributed by atoms with Crippen molar-refractivity contribution in [2.45, 2.75) is 12.8 Å². The van der Waals surface area contributed by atoms with E-state index in [1.165, 1.54) is 0 Å². The first-order valence-electron chi connectivity index (χ1n) is 3.89. The molecule has 0 unspecified atom stereocenters. The molecule has 4 heteroatoms. The second-order valence-electron chi connectivity index (χ2n) is 2.90. The summed E-state index contributed by atoms with van der Waals surface area (Å²) in [5, 5.41) is 8.76. The zero-order valence-electron chi connectivity index (χ0n) is 6.71. The van der Waals surface area contributed by atoms with Gasteiger partial charge in [0.25, 0.3) is 0 Å². The lowest BCUT2D eigenvalue weighted by molar-refractivity contribution is -0.132. The SMILES string of the molecule is O=C(O)C1=Cc2cc(Br)oc2CC1. The lowest BCUT2D eigenvalue weighted by Crippen LogP contribution is -2.05. The molecule has 0 saturated heterocycles. The zero-order chi connectivity index (χ0) is 9.42. The summed E-state index contributed by atoms with van der Waals surface area (Å²) in [5.41, 5.74) is 1.32. The van der Waals surface area contributed by atoms with Crippen LogP contribution in [0, 0.1) is 0 Å². The van der Waals surface area contributed by atoms with Crippen molar-refractivity contribution in [3.05, 3.63) is 27.6 Å². The molecule has 0 amide bonds. The van der Waals surface area contributed by atoms with Gasteiger partial charge in [0.1, 0.15) is 5.76 Å². The molecule has 1 aliphatic rings. The van der Waals surface area contributed by atoms with Gasteiger partial charge in [0.15, 0.2) is 4.67 Å². The summed E-state index contributed by atoms with van der Waals surface area (Å²) in [6, 6.07) is 1.79. The highest BCUT2D eigenvalue weighted by Crippen LogP contribution is 2.29. The van der Waals surface area contributed by atoms with E-state index in [2.05, 4.69) is 15.9 Å². The number of fused-ring (bicyclic) bond motifs is 1. The number of hydrogen-bond donors (Lipinski definition) is 1. The van der Waals surface area contributed by atoms with Crippen LogP contribution in [0.5, 0.6) is 0 Å². The zero-order valence-corrected chi connectivity index (χ0v) is 8.30. The Kier molecular flexibility index (Phi) is 2.00. The smallest absolute Gasteiger partial charge is 0.331 e. The van der Waals surface area contributed by atoms with E-state index in [4.69, 9.17) is 9.52 Å². The van der Waals surface area contributed by atoms with Gasteiger partial charge >= 0.3 is 5.97 Å². The molecule has 1 aliphatic carbocycles. The van der Waals surface area contributed by atoms with E-state index in [0.717, 1.165) is 11.3 Å². The Labute approximate surface area is 83.2 Å². The van der Waals surface area contributed by atoms with E-state index in [-0.39, 0.29) is 0 Å². The van der Waals surface area contributed by atoms with Gasteiger partial charge in [-0.25, -0.2) is 4.79 Å². The number of furan rings is 1. The first-order valence-corrected chi connectivity index (χ1v) is 4.68. The molecule has 0 aliphatic heterocycles. The summed E-state index contributed by atoms with van der Waals surface area (Å²) >= 11 is 3.21. The summed E-state index contributed by atoms with van der Waals surface area (Å²) in [7, 11) is 0. The fourth-order valence-corrected chi connectivity index (χ4v) is 1.85. The normalized spacial score (nSPS) is 15.0. The Morgan fingerprint density at radius 2 is 2.31 bits per heavy atom. The summed E-state index contributed by atoms with van der Waals surface area (Å²) in [6.07, 6.45) is 2.87. The largest absolute Gasteiger partial charge is 0.478 e. The van der Waals surface area contributed by atoms with Gasteiger partial charge < -0.3 is 9.52 Å². The molecule has 0 aromatic carbocycles. The predicted molar refractivity (Wildman–Crippen MR) is 50.3 cm³/mol. The van der Waals surface area contributed by atoms with Crippen LogP contribution in [0.1, 0.15) is 17.7 Å². The van der Waals surface area contributed by atoms with E-state index in [1.54, 1.807) is 12.1 Å². The van der Waals surface area contributed by atoms with Crippen LogP contribution in [0.2, 0.25) is 0 Å². The third-order valence-corrected chi connectivity index (χ3v) is 2.43. The maximum Gasteiger partial charge on any atom is 0.331 e. The minimum absolute atomic E-state index is 0.445. The minimum atomic E-state index is -0.844. The van der Waals surface area contributed by atoms with Gasteiger partial charge in [-0.2, -0.15) is 0 Å². The molecule has 1 aromatic heterocycles. The van der Waals surface area contributed by atoms with E-state index in [0.29, 0.717) is 23.1 Å². The molecule has 1 heterocycles. The maximum atomic E-state index is 10.7. The van der Waals surface area contributed by atoms with Gasteiger partial charge in [0, 0.05) is 17.6 Å². The molecule has 2 rings (SSSR count). The van der Waals surface area contributed by atoms with E-state index in [9.17, 15) is 4.79 Å². The first kappa shape index (κ1) is 8.56. The van der Waals surface area contributed by atoms with E-state index >= 15 is 0 Å². The van der Waals surface area contributed by atoms with Crippen molar-refractivity contribution >= 4 is 28.0 Å². The number of halogens is 1. The highest BCUT2D eigenvalue weighted by atomic mass is 79.9. The number of rotatable bonds is 1. The average Bonchev–Trinajstić information content (AvgIpc) is 2.42. The molecule has 0 radical (unpaired) electrons. The number of carboxylic acid groups (broad SMARTS) is 1. The van der Waals surface area contributed by atoms with Crippen molar-refractivity contribution in [1.82, 2.24) is 0 Å². The highest BCUT2D eigenvalue weighted by molar-refractivity contribution is 9.10. The van der Waals surface area contributed by atoms with E-state index in [1.807, 2.05) is 0 Å². The molecule has 0 bridgehead atoms. The van der Waals surface area contributed by atoms with Crippen LogP contribution in [0.4, 0.5) is 0 Å². The molecule has 0 spiro atoms. The van der Waals surface area contributed by atoms with Crippen LogP contribution in [0.3, 0.4) is 0 Å². The second kappa shape index (κ2) is 3.03. The molecular formula is C9H7BrO3. The van der Waals surface area contributed by atoms with Crippen LogP contribution < -0.4 is 0 Å². The van der Waals surface area contributed by atoms with Crippen LogP contribution in [-0.2, 0) is 11.2 Å². The van der Waals surface area contributed by atoms with Gasteiger partial charge in [-0.3, -0.25) is 0 Å². The molecule has 3 nitrogen and oxygen atoms in total. The topological polar surface area (TPSA) is 50.4 Å². The summed E-state index contributed by atoms with van der Waals surface area (Å²) in [5.74, 6) is 0.0137. The fourth-order valence-electron chi connectivity index (χ4n) is 1.40. The number of hydrogen-bond acceptors (Lipinski definition) is 2. The molecule has 0 fully saturated rings. The fraction of sp³-hybridized carbons (Fsp3) is 0.222. The molecular weight excluding hydrogens is 236 g/mol. The van der Waals surface area contributed by atoms with Crippen LogP contribution in [0.15, 0.2) is 20.7 Å². The summed E-state index contributed by atoms with van der Waals surface area (Å²) < 4.78 is 5.97. The molecule has 1 aromatic rings. The third kappa shape index (κ3) is 1.54.